The maximum atomic E-state index is 12.3. The summed E-state index contributed by atoms with van der Waals surface area (Å²) in [6.07, 6.45) is 5.32. The molecule has 1 saturated heterocycles. The molecule has 5 nitrogen and oxygen atoms in total. The second-order valence-corrected chi connectivity index (χ2v) is 7.66. The summed E-state index contributed by atoms with van der Waals surface area (Å²) in [4.78, 5) is 0. The first-order valence-electron chi connectivity index (χ1n) is 6.88. The molecule has 106 valence electrons. The van der Waals surface area contributed by atoms with Crippen molar-refractivity contribution in [1.82, 2.24) is 14.3 Å². The summed E-state index contributed by atoms with van der Waals surface area (Å²) < 4.78 is 29.1. The highest BCUT2D eigenvalue weighted by molar-refractivity contribution is 7.87. The first-order chi connectivity index (χ1) is 8.47. The van der Waals surface area contributed by atoms with Crippen molar-refractivity contribution in [3.05, 3.63) is 0 Å². The average Bonchev–Trinajstić information content (AvgIpc) is 3.07. The minimum Gasteiger partial charge on any atom is -0.318 e. The van der Waals surface area contributed by atoms with Crippen LogP contribution in [0.3, 0.4) is 0 Å². The third kappa shape index (κ3) is 3.44. The molecule has 0 spiro atoms. The monoisotopic (exact) mass is 275 g/mol. The lowest BCUT2D eigenvalue weighted by molar-refractivity contribution is 0.245. The van der Waals surface area contributed by atoms with E-state index in [0.29, 0.717) is 13.1 Å². The van der Waals surface area contributed by atoms with E-state index < -0.39 is 10.2 Å². The number of nitrogens with one attached hydrogen (secondary N) is 2. The topological polar surface area (TPSA) is 61.4 Å². The van der Waals surface area contributed by atoms with Crippen molar-refractivity contribution < 1.29 is 8.42 Å². The van der Waals surface area contributed by atoms with E-state index >= 15 is 0 Å². The van der Waals surface area contributed by atoms with Gasteiger partial charge >= 0.3 is 0 Å². The molecule has 0 aromatic heterocycles. The van der Waals surface area contributed by atoms with Gasteiger partial charge in [0.1, 0.15) is 0 Å². The summed E-state index contributed by atoms with van der Waals surface area (Å²) in [6, 6.07) is 0.105. The van der Waals surface area contributed by atoms with Crippen LogP contribution in [-0.2, 0) is 10.2 Å². The number of nitrogens with zero attached hydrogens (tertiary/aromatic N) is 1. The molecule has 0 aromatic rings. The predicted molar refractivity (Wildman–Crippen MR) is 72.5 cm³/mol. The first-order valence-corrected chi connectivity index (χ1v) is 8.32. The number of piperidine rings is 1. The molecule has 2 rings (SSSR count). The van der Waals surface area contributed by atoms with E-state index in [4.69, 9.17) is 0 Å². The number of hydrogen-bond acceptors (Lipinski definition) is 3. The molecule has 1 heterocycles. The van der Waals surface area contributed by atoms with Gasteiger partial charge in [-0.05, 0) is 38.1 Å². The predicted octanol–water partition coefficient (Wildman–Crippen LogP) is 0.695. The molecule has 18 heavy (non-hydrogen) atoms. The Morgan fingerprint density at radius 1 is 1.33 bits per heavy atom. The molecule has 1 saturated carbocycles. The van der Waals surface area contributed by atoms with Crippen molar-refractivity contribution in [1.29, 1.82) is 0 Å². The van der Waals surface area contributed by atoms with Crippen LogP contribution in [0.2, 0.25) is 0 Å². The van der Waals surface area contributed by atoms with Gasteiger partial charge in [0.05, 0.1) is 0 Å². The molecule has 0 bridgehead atoms. The molecular formula is C12H25N3O2S. The van der Waals surface area contributed by atoms with Crippen LogP contribution >= 0.6 is 0 Å². The van der Waals surface area contributed by atoms with E-state index in [1.54, 1.807) is 4.31 Å². The second-order valence-electron chi connectivity index (χ2n) is 5.95. The fourth-order valence-electron chi connectivity index (χ4n) is 2.47. The molecule has 2 N–H and O–H groups in total. The average molecular weight is 275 g/mol. The van der Waals surface area contributed by atoms with Crippen molar-refractivity contribution in [2.75, 3.05) is 26.7 Å². The zero-order chi connectivity index (χ0) is 13.2. The van der Waals surface area contributed by atoms with E-state index in [9.17, 15) is 8.42 Å². The Hall–Kier alpha value is -0.170. The van der Waals surface area contributed by atoms with Crippen LogP contribution in [0, 0.1) is 5.41 Å². The Morgan fingerprint density at radius 2 is 2.06 bits per heavy atom. The molecule has 2 aliphatic rings. The van der Waals surface area contributed by atoms with Gasteiger partial charge in [-0.15, -0.1) is 0 Å². The molecule has 6 heteroatoms. The van der Waals surface area contributed by atoms with Crippen LogP contribution in [0.5, 0.6) is 0 Å². The van der Waals surface area contributed by atoms with Crippen molar-refractivity contribution in [2.24, 2.45) is 5.41 Å². The zero-order valence-electron chi connectivity index (χ0n) is 11.4. The summed E-state index contributed by atoms with van der Waals surface area (Å²) in [5.74, 6) is 0. The van der Waals surface area contributed by atoms with Crippen molar-refractivity contribution >= 4 is 10.2 Å². The van der Waals surface area contributed by atoms with Crippen molar-refractivity contribution in [3.63, 3.8) is 0 Å². The van der Waals surface area contributed by atoms with Gasteiger partial charge < -0.3 is 5.32 Å². The Bertz CT molecular complexity index is 377. The molecule has 0 amide bonds. The van der Waals surface area contributed by atoms with Gasteiger partial charge in [0.15, 0.2) is 0 Å². The van der Waals surface area contributed by atoms with Gasteiger partial charge in [-0.1, -0.05) is 13.3 Å². The quantitative estimate of drug-likeness (QED) is 0.750. The van der Waals surface area contributed by atoms with Crippen molar-refractivity contribution in [2.45, 2.75) is 45.1 Å². The minimum atomic E-state index is -3.30. The third-order valence-corrected chi connectivity index (χ3v) is 5.71. The van der Waals surface area contributed by atoms with E-state index in [2.05, 4.69) is 17.0 Å². The van der Waals surface area contributed by atoms with Crippen LogP contribution in [0.25, 0.3) is 0 Å². The molecule has 0 radical (unpaired) electrons. The lowest BCUT2D eigenvalue weighted by Crippen LogP contribution is -2.52. The Kier molecular flexibility index (Phi) is 4.31. The van der Waals surface area contributed by atoms with E-state index in [1.807, 2.05) is 7.05 Å². The maximum Gasteiger partial charge on any atom is 0.279 e. The first kappa shape index (κ1) is 14.2. The highest BCUT2D eigenvalue weighted by atomic mass is 32.2. The molecule has 1 aliphatic heterocycles. The largest absolute Gasteiger partial charge is 0.318 e. The number of hydrogen-bond donors (Lipinski definition) is 2. The van der Waals surface area contributed by atoms with Gasteiger partial charge in [-0.3, -0.25) is 0 Å². The van der Waals surface area contributed by atoms with E-state index in [1.165, 1.54) is 0 Å². The number of rotatable bonds is 6. The standard InChI is InChI=1S/C12H25N3O2S/c1-12(6-7-12)10-14-18(16,17)15-8-4-3-5-11(15)9-13-2/h11,13-14H,3-10H2,1-2H3. The third-order valence-electron chi connectivity index (χ3n) is 4.11. The summed E-state index contributed by atoms with van der Waals surface area (Å²) in [6.45, 7) is 4.10. The molecular weight excluding hydrogens is 250 g/mol. The summed E-state index contributed by atoms with van der Waals surface area (Å²) in [5, 5.41) is 3.09. The van der Waals surface area contributed by atoms with E-state index in [0.717, 1.165) is 38.6 Å². The molecule has 1 unspecified atom stereocenters. The lowest BCUT2D eigenvalue weighted by atomic mass is 10.1. The normalized spacial score (nSPS) is 28.2. The Labute approximate surface area is 110 Å². The summed E-state index contributed by atoms with van der Waals surface area (Å²) in [5.41, 5.74) is 0.210. The second kappa shape index (κ2) is 5.45. The molecule has 1 aliphatic carbocycles. The SMILES string of the molecule is CNCC1CCCCN1S(=O)(=O)NCC1(C)CC1. The van der Waals surface area contributed by atoms with Crippen LogP contribution in [0.1, 0.15) is 39.0 Å². The smallest absolute Gasteiger partial charge is 0.279 e. The van der Waals surface area contributed by atoms with Gasteiger partial charge in [0, 0.05) is 25.7 Å². The van der Waals surface area contributed by atoms with Crippen LogP contribution in [-0.4, -0.2) is 45.4 Å². The fraction of sp³-hybridized carbons (Fsp3) is 1.00. The fourth-order valence-corrected chi connectivity index (χ4v) is 4.11. The van der Waals surface area contributed by atoms with Gasteiger partial charge in [-0.25, -0.2) is 4.72 Å². The van der Waals surface area contributed by atoms with Gasteiger partial charge in [0.25, 0.3) is 10.2 Å². The Morgan fingerprint density at radius 3 is 2.67 bits per heavy atom. The van der Waals surface area contributed by atoms with E-state index in [-0.39, 0.29) is 11.5 Å². The van der Waals surface area contributed by atoms with Crippen molar-refractivity contribution in [3.8, 4) is 0 Å². The van der Waals surface area contributed by atoms with Crippen LogP contribution in [0.15, 0.2) is 0 Å². The Balaban J connectivity index is 1.97. The minimum absolute atomic E-state index is 0.105. The molecule has 0 aromatic carbocycles. The summed E-state index contributed by atoms with van der Waals surface area (Å²) in [7, 11) is -1.43. The van der Waals surface area contributed by atoms with Gasteiger partial charge in [0.2, 0.25) is 0 Å². The lowest BCUT2D eigenvalue weighted by Gasteiger charge is -2.34. The van der Waals surface area contributed by atoms with Gasteiger partial charge in [-0.2, -0.15) is 12.7 Å². The van der Waals surface area contributed by atoms with Crippen LogP contribution < -0.4 is 10.0 Å². The molecule has 1 atom stereocenters. The number of likely N-dealkylation sites (N-methyl/N-ethyl adjacent to an activating group) is 1. The zero-order valence-corrected chi connectivity index (χ0v) is 12.2. The maximum absolute atomic E-state index is 12.3. The molecule has 2 fully saturated rings. The highest BCUT2D eigenvalue weighted by Crippen LogP contribution is 2.44. The highest BCUT2D eigenvalue weighted by Gasteiger charge is 2.39. The van der Waals surface area contributed by atoms with Crippen LogP contribution in [0.4, 0.5) is 0 Å². The summed E-state index contributed by atoms with van der Waals surface area (Å²) >= 11 is 0.